The predicted octanol–water partition coefficient (Wildman–Crippen LogP) is 4.59. The van der Waals surface area contributed by atoms with Crippen LogP contribution in [-0.2, 0) is 14.3 Å². The number of likely N-dealkylation sites (tertiary alicyclic amines) is 1. The maximum atomic E-state index is 14.0. The lowest BCUT2D eigenvalue weighted by atomic mass is 9.89. The fraction of sp³-hybridized carbons (Fsp3) is 0.469. The quantitative estimate of drug-likeness (QED) is 0.268. The van der Waals surface area contributed by atoms with Gasteiger partial charge in [-0.05, 0) is 86.1 Å². The third kappa shape index (κ3) is 8.84. The number of carbonyl (C=O) groups is 3. The maximum absolute atomic E-state index is 14.0. The average molecular weight is 598 g/mol. The highest BCUT2D eigenvalue weighted by Crippen LogP contribution is 2.30. The number of hydrogen-bond acceptors (Lipinski definition) is 5. The smallest absolute Gasteiger partial charge is 0.319 e. The summed E-state index contributed by atoms with van der Waals surface area (Å²) in [5, 5.41) is 11.2. The molecule has 4 N–H and O–H groups in total. The molecular formula is C32H41F2N5O4. The molecule has 232 valence electrons. The zero-order valence-electron chi connectivity index (χ0n) is 25.0. The first-order valence-corrected chi connectivity index (χ1v) is 14.8. The standard InChI is InChI=1S/C32H41F2N5O4/c1-20(2)16-28(40)36-24-7-4-6-22(17-24)21-10-14-39(15-11-21)13-5-12-35-31(41)29-27(19-43-3)37-32(42)38-30(29)23-8-9-25(33)26(34)18-23/h4,6-9,17-18,20-21,30H,5,10-16,19H2,1-3H3,(H,35,41)(H,36,40)(H2,37,38,42). The summed E-state index contributed by atoms with van der Waals surface area (Å²) in [7, 11) is 1.44. The monoisotopic (exact) mass is 597 g/mol. The molecule has 9 nitrogen and oxygen atoms in total. The number of nitrogens with one attached hydrogen (secondary N) is 4. The number of hydrogen-bond donors (Lipinski definition) is 4. The van der Waals surface area contributed by atoms with E-state index in [1.165, 1.54) is 18.7 Å². The molecule has 0 bridgehead atoms. The number of methoxy groups -OCH3 is 1. The second kappa shape index (κ2) is 15.1. The Balaban J connectivity index is 1.28. The maximum Gasteiger partial charge on any atom is 0.319 e. The van der Waals surface area contributed by atoms with Gasteiger partial charge in [-0.15, -0.1) is 0 Å². The van der Waals surface area contributed by atoms with Crippen molar-refractivity contribution in [3.63, 3.8) is 0 Å². The van der Waals surface area contributed by atoms with E-state index in [1.54, 1.807) is 0 Å². The number of halogens is 2. The molecule has 0 aliphatic carbocycles. The van der Waals surface area contributed by atoms with E-state index in [4.69, 9.17) is 4.74 Å². The van der Waals surface area contributed by atoms with Crippen molar-refractivity contribution >= 4 is 23.5 Å². The van der Waals surface area contributed by atoms with Crippen molar-refractivity contribution in [3.8, 4) is 0 Å². The van der Waals surface area contributed by atoms with Crippen molar-refractivity contribution in [3.05, 3.63) is 76.5 Å². The summed E-state index contributed by atoms with van der Waals surface area (Å²) in [4.78, 5) is 40.1. The molecule has 2 aromatic carbocycles. The number of ether oxygens (including phenoxy) is 1. The largest absolute Gasteiger partial charge is 0.378 e. The van der Waals surface area contributed by atoms with Crippen LogP contribution in [0.15, 0.2) is 53.7 Å². The fourth-order valence-corrected chi connectivity index (χ4v) is 5.63. The van der Waals surface area contributed by atoms with Crippen molar-refractivity contribution in [1.29, 1.82) is 0 Å². The molecule has 1 saturated heterocycles. The highest BCUT2D eigenvalue weighted by molar-refractivity contribution is 5.98. The van der Waals surface area contributed by atoms with Crippen LogP contribution in [-0.4, -0.2) is 62.6 Å². The van der Waals surface area contributed by atoms with Gasteiger partial charge in [0, 0.05) is 25.8 Å². The number of rotatable bonds is 12. The SMILES string of the molecule is COCC1=C(C(=O)NCCCN2CCC(c3cccc(NC(=O)CC(C)C)c3)CC2)C(c2ccc(F)c(F)c2)NC(=O)N1. The van der Waals surface area contributed by atoms with Gasteiger partial charge in [0.05, 0.1) is 23.9 Å². The second-order valence-electron chi connectivity index (χ2n) is 11.5. The molecule has 1 unspecified atom stereocenters. The minimum Gasteiger partial charge on any atom is -0.378 e. The normalized spacial score (nSPS) is 17.9. The lowest BCUT2D eigenvalue weighted by Crippen LogP contribution is -2.48. The van der Waals surface area contributed by atoms with E-state index in [-0.39, 0.29) is 29.3 Å². The molecule has 4 rings (SSSR count). The van der Waals surface area contributed by atoms with Gasteiger partial charge in [-0.3, -0.25) is 9.59 Å². The van der Waals surface area contributed by atoms with Crippen LogP contribution in [0.1, 0.15) is 62.6 Å². The zero-order chi connectivity index (χ0) is 30.9. The highest BCUT2D eigenvalue weighted by Gasteiger charge is 2.33. The van der Waals surface area contributed by atoms with Crippen LogP contribution in [0, 0.1) is 17.6 Å². The number of benzene rings is 2. The molecule has 2 aliphatic rings. The summed E-state index contributed by atoms with van der Waals surface area (Å²) in [6, 6.07) is 9.88. The average Bonchev–Trinajstić information content (AvgIpc) is 2.96. The van der Waals surface area contributed by atoms with Crippen molar-refractivity contribution in [2.45, 2.75) is 51.5 Å². The molecule has 1 atom stereocenters. The Labute approximate surface area is 251 Å². The molecule has 0 saturated carbocycles. The lowest BCUT2D eigenvalue weighted by Gasteiger charge is -2.32. The molecule has 43 heavy (non-hydrogen) atoms. The summed E-state index contributed by atoms with van der Waals surface area (Å²) in [5.74, 6) is -1.74. The topological polar surface area (TPSA) is 112 Å². The van der Waals surface area contributed by atoms with Gasteiger partial charge in [0.2, 0.25) is 5.91 Å². The summed E-state index contributed by atoms with van der Waals surface area (Å²) < 4.78 is 32.7. The first kappa shape index (κ1) is 32.1. The molecule has 0 spiro atoms. The van der Waals surface area contributed by atoms with Crippen molar-refractivity contribution < 1.29 is 27.9 Å². The summed E-state index contributed by atoms with van der Waals surface area (Å²) in [6.45, 7) is 7.09. The third-order valence-electron chi connectivity index (χ3n) is 7.72. The van der Waals surface area contributed by atoms with Gasteiger partial charge in [0.1, 0.15) is 0 Å². The van der Waals surface area contributed by atoms with E-state index in [0.29, 0.717) is 24.8 Å². The minimum atomic E-state index is -1.07. The summed E-state index contributed by atoms with van der Waals surface area (Å²) in [6.07, 6.45) is 3.22. The van der Waals surface area contributed by atoms with E-state index >= 15 is 0 Å². The Hall–Kier alpha value is -3.83. The van der Waals surface area contributed by atoms with Gasteiger partial charge in [0.15, 0.2) is 11.6 Å². The van der Waals surface area contributed by atoms with Crippen molar-refractivity contribution in [1.82, 2.24) is 20.9 Å². The molecule has 2 aromatic rings. The number of amides is 4. The second-order valence-corrected chi connectivity index (χ2v) is 11.5. The first-order chi connectivity index (χ1) is 20.6. The minimum absolute atomic E-state index is 0.0292. The Kier molecular flexibility index (Phi) is 11.2. The van der Waals surface area contributed by atoms with Crippen molar-refractivity contribution in [2.75, 3.05) is 45.2 Å². The Bertz CT molecular complexity index is 1340. The predicted molar refractivity (Wildman–Crippen MR) is 160 cm³/mol. The molecule has 2 aliphatic heterocycles. The molecular weight excluding hydrogens is 556 g/mol. The van der Waals surface area contributed by atoms with Crippen molar-refractivity contribution in [2.24, 2.45) is 5.92 Å². The zero-order valence-corrected chi connectivity index (χ0v) is 25.0. The fourth-order valence-electron chi connectivity index (χ4n) is 5.63. The van der Waals surface area contributed by atoms with Crippen LogP contribution >= 0.6 is 0 Å². The van der Waals surface area contributed by atoms with Crippen LogP contribution in [0.4, 0.5) is 19.3 Å². The van der Waals surface area contributed by atoms with Gasteiger partial charge in [-0.25, -0.2) is 13.6 Å². The van der Waals surface area contributed by atoms with Crippen LogP contribution in [0.3, 0.4) is 0 Å². The molecule has 0 radical (unpaired) electrons. The lowest BCUT2D eigenvalue weighted by molar-refractivity contribution is -0.118. The van der Waals surface area contributed by atoms with Gasteiger partial charge < -0.3 is 30.9 Å². The number of anilines is 1. The van der Waals surface area contributed by atoms with E-state index in [9.17, 15) is 23.2 Å². The van der Waals surface area contributed by atoms with Crippen LogP contribution in [0.2, 0.25) is 0 Å². The molecule has 0 aromatic heterocycles. The van der Waals surface area contributed by atoms with Crippen LogP contribution in [0.25, 0.3) is 0 Å². The Morgan fingerprint density at radius 3 is 2.53 bits per heavy atom. The van der Waals surface area contributed by atoms with E-state index in [2.05, 4.69) is 38.3 Å². The van der Waals surface area contributed by atoms with Crippen LogP contribution in [0.5, 0.6) is 0 Å². The van der Waals surface area contributed by atoms with Crippen LogP contribution < -0.4 is 21.3 Å². The number of piperidine rings is 1. The highest BCUT2D eigenvalue weighted by atomic mass is 19.2. The van der Waals surface area contributed by atoms with E-state index in [0.717, 1.165) is 56.7 Å². The Morgan fingerprint density at radius 1 is 1.07 bits per heavy atom. The molecule has 2 heterocycles. The van der Waals surface area contributed by atoms with Gasteiger partial charge in [-0.1, -0.05) is 32.0 Å². The molecule has 4 amide bonds. The number of carbonyl (C=O) groups excluding carboxylic acids is 3. The summed E-state index contributed by atoms with van der Waals surface area (Å²) in [5.41, 5.74) is 2.78. The van der Waals surface area contributed by atoms with Gasteiger partial charge >= 0.3 is 6.03 Å². The van der Waals surface area contributed by atoms with E-state index < -0.39 is 29.6 Å². The summed E-state index contributed by atoms with van der Waals surface area (Å²) >= 11 is 0. The number of urea groups is 1. The number of nitrogens with zero attached hydrogens (tertiary/aromatic N) is 1. The van der Waals surface area contributed by atoms with Gasteiger partial charge in [-0.2, -0.15) is 0 Å². The molecule has 1 fully saturated rings. The van der Waals surface area contributed by atoms with Gasteiger partial charge in [0.25, 0.3) is 5.91 Å². The Morgan fingerprint density at radius 2 is 1.84 bits per heavy atom. The van der Waals surface area contributed by atoms with E-state index in [1.807, 2.05) is 26.0 Å². The molecule has 11 heteroatoms. The first-order valence-electron chi connectivity index (χ1n) is 14.8. The third-order valence-corrected chi connectivity index (χ3v) is 7.72.